The minimum absolute atomic E-state index is 0.134. The van der Waals surface area contributed by atoms with Gasteiger partial charge in [-0.15, -0.1) is 0 Å². The molecule has 0 bridgehead atoms. The van der Waals surface area contributed by atoms with E-state index in [0.717, 1.165) is 0 Å². The molecular weight excluding hydrogens is 204 g/mol. The van der Waals surface area contributed by atoms with Gasteiger partial charge in [0.2, 0.25) is 0 Å². The molecule has 0 radical (unpaired) electrons. The van der Waals surface area contributed by atoms with Gasteiger partial charge in [0.1, 0.15) is 0 Å². The minimum atomic E-state index is -0.654. The Morgan fingerprint density at radius 3 is 2.64 bits per heavy atom. The molecule has 0 saturated carbocycles. The fourth-order valence-electron chi connectivity index (χ4n) is 0.756. The van der Waals surface area contributed by atoms with Gasteiger partial charge in [0.05, 0.1) is 0 Å². The molecule has 14 heavy (non-hydrogen) atoms. The van der Waals surface area contributed by atoms with Crippen molar-refractivity contribution in [2.45, 2.75) is 0 Å². The third-order valence-corrected chi connectivity index (χ3v) is 1.71. The van der Waals surface area contributed by atoms with Crippen LogP contribution >= 0.6 is 11.6 Å². The first kappa shape index (κ1) is 10.5. The van der Waals surface area contributed by atoms with Crippen LogP contribution in [0.5, 0.6) is 0 Å². The average molecular weight is 213 g/mol. The van der Waals surface area contributed by atoms with Crippen molar-refractivity contribution in [2.24, 2.45) is 5.16 Å². The van der Waals surface area contributed by atoms with Crippen molar-refractivity contribution in [3.8, 4) is 0 Å². The molecule has 4 nitrogen and oxygen atoms in total. The first-order chi connectivity index (χ1) is 6.74. The zero-order valence-electron chi connectivity index (χ0n) is 7.53. The summed E-state index contributed by atoms with van der Waals surface area (Å²) in [5.41, 5.74) is 0.693. The second-order valence-electron chi connectivity index (χ2n) is 2.38. The molecule has 1 rings (SSSR count). The van der Waals surface area contributed by atoms with Gasteiger partial charge in [-0.05, 0) is 0 Å². The van der Waals surface area contributed by atoms with Crippen LogP contribution in [0.4, 0.5) is 4.79 Å². The Bertz CT molecular complexity index is 338. The molecule has 0 fully saturated rings. The van der Waals surface area contributed by atoms with Crippen LogP contribution in [0.15, 0.2) is 35.5 Å². The molecule has 5 heteroatoms. The molecule has 0 saturated heterocycles. The second kappa shape index (κ2) is 5.24. The SMILES string of the molecule is CNC(=O)ON=C(Cl)c1ccccc1. The number of rotatable bonds is 2. The predicted octanol–water partition coefficient (Wildman–Crippen LogP) is 1.94. The Labute approximate surface area is 86.5 Å². The lowest BCUT2D eigenvalue weighted by molar-refractivity contribution is 0.153. The van der Waals surface area contributed by atoms with Gasteiger partial charge in [-0.1, -0.05) is 47.1 Å². The summed E-state index contributed by atoms with van der Waals surface area (Å²) >= 11 is 5.75. The van der Waals surface area contributed by atoms with Crippen molar-refractivity contribution in [2.75, 3.05) is 7.05 Å². The Balaban J connectivity index is 2.66. The van der Waals surface area contributed by atoms with Gasteiger partial charge in [-0.2, -0.15) is 0 Å². The van der Waals surface area contributed by atoms with Gasteiger partial charge in [0.25, 0.3) is 0 Å². The van der Waals surface area contributed by atoms with Crippen LogP contribution in [0, 0.1) is 0 Å². The Hall–Kier alpha value is -1.55. The summed E-state index contributed by atoms with van der Waals surface area (Å²) in [6, 6.07) is 9.01. The number of carbonyl (C=O) groups excluding carboxylic acids is 1. The Morgan fingerprint density at radius 1 is 1.43 bits per heavy atom. The highest BCUT2D eigenvalue weighted by Gasteiger charge is 2.01. The summed E-state index contributed by atoms with van der Waals surface area (Å²) in [5, 5.41) is 5.81. The number of halogens is 1. The van der Waals surface area contributed by atoms with Crippen molar-refractivity contribution in [1.82, 2.24) is 5.32 Å². The molecule has 0 aliphatic carbocycles. The maximum Gasteiger partial charge on any atom is 0.433 e. The summed E-state index contributed by atoms with van der Waals surface area (Å²) in [6.45, 7) is 0. The van der Waals surface area contributed by atoms with E-state index in [1.165, 1.54) is 7.05 Å². The van der Waals surface area contributed by atoms with E-state index >= 15 is 0 Å². The molecule has 0 aliphatic heterocycles. The lowest BCUT2D eigenvalue weighted by Gasteiger charge is -1.97. The normalized spacial score (nSPS) is 10.9. The molecule has 1 amide bonds. The van der Waals surface area contributed by atoms with Crippen LogP contribution < -0.4 is 5.32 Å². The van der Waals surface area contributed by atoms with Gasteiger partial charge < -0.3 is 5.32 Å². The minimum Gasteiger partial charge on any atom is -0.323 e. The molecule has 1 aromatic rings. The third-order valence-electron chi connectivity index (χ3n) is 1.42. The molecule has 0 heterocycles. The fraction of sp³-hybridized carbons (Fsp3) is 0.111. The van der Waals surface area contributed by atoms with E-state index in [-0.39, 0.29) is 5.17 Å². The molecule has 0 unspecified atom stereocenters. The van der Waals surface area contributed by atoms with Crippen molar-refractivity contribution in [1.29, 1.82) is 0 Å². The maximum atomic E-state index is 10.6. The molecule has 0 aliphatic rings. The number of amides is 1. The topological polar surface area (TPSA) is 50.7 Å². The van der Waals surface area contributed by atoms with Crippen molar-refractivity contribution in [3.05, 3.63) is 35.9 Å². The Morgan fingerprint density at radius 2 is 2.07 bits per heavy atom. The number of hydrogen-bond acceptors (Lipinski definition) is 3. The Kier molecular flexibility index (Phi) is 3.94. The van der Waals surface area contributed by atoms with Crippen LogP contribution in [0.3, 0.4) is 0 Å². The van der Waals surface area contributed by atoms with E-state index in [1.807, 2.05) is 18.2 Å². The van der Waals surface area contributed by atoms with E-state index in [4.69, 9.17) is 11.6 Å². The monoisotopic (exact) mass is 212 g/mol. The van der Waals surface area contributed by atoms with Crippen LogP contribution in [-0.2, 0) is 4.84 Å². The number of benzene rings is 1. The highest BCUT2D eigenvalue weighted by molar-refractivity contribution is 6.69. The first-order valence-electron chi connectivity index (χ1n) is 3.91. The van der Waals surface area contributed by atoms with Gasteiger partial charge >= 0.3 is 6.09 Å². The molecular formula is C9H9ClN2O2. The molecule has 0 aromatic heterocycles. The van der Waals surface area contributed by atoms with Gasteiger partial charge in [0.15, 0.2) is 5.17 Å². The standard InChI is InChI=1S/C9H9ClN2O2/c1-11-9(13)14-12-8(10)7-5-3-2-4-6-7/h2-6H,1H3,(H,11,13). The second-order valence-corrected chi connectivity index (χ2v) is 2.73. The van der Waals surface area contributed by atoms with Gasteiger partial charge in [-0.25, -0.2) is 4.79 Å². The quantitative estimate of drug-likeness (QED) is 0.463. The lowest BCUT2D eigenvalue weighted by atomic mass is 10.2. The van der Waals surface area contributed by atoms with E-state index in [1.54, 1.807) is 12.1 Å². The zero-order chi connectivity index (χ0) is 10.4. The van der Waals surface area contributed by atoms with Crippen LogP contribution in [0.2, 0.25) is 0 Å². The molecule has 0 atom stereocenters. The summed E-state index contributed by atoms with van der Waals surface area (Å²) in [6.07, 6.45) is -0.654. The highest BCUT2D eigenvalue weighted by Crippen LogP contribution is 2.04. The van der Waals surface area contributed by atoms with Crippen LogP contribution in [0.1, 0.15) is 5.56 Å². The molecule has 74 valence electrons. The van der Waals surface area contributed by atoms with Crippen LogP contribution in [0.25, 0.3) is 0 Å². The largest absolute Gasteiger partial charge is 0.433 e. The van der Waals surface area contributed by atoms with E-state index in [9.17, 15) is 4.79 Å². The van der Waals surface area contributed by atoms with Gasteiger partial charge in [0, 0.05) is 12.6 Å². The van der Waals surface area contributed by atoms with Crippen molar-refractivity contribution >= 4 is 22.9 Å². The average Bonchev–Trinajstić information content (AvgIpc) is 2.26. The number of nitrogens with zero attached hydrogens (tertiary/aromatic N) is 1. The van der Waals surface area contributed by atoms with E-state index < -0.39 is 6.09 Å². The van der Waals surface area contributed by atoms with Crippen molar-refractivity contribution in [3.63, 3.8) is 0 Å². The van der Waals surface area contributed by atoms with E-state index in [2.05, 4.69) is 15.3 Å². The third kappa shape index (κ3) is 3.06. The fourth-order valence-corrected chi connectivity index (χ4v) is 0.916. The first-order valence-corrected chi connectivity index (χ1v) is 4.29. The summed E-state index contributed by atoms with van der Waals surface area (Å²) < 4.78 is 0. The summed E-state index contributed by atoms with van der Waals surface area (Å²) in [4.78, 5) is 15.1. The smallest absolute Gasteiger partial charge is 0.323 e. The van der Waals surface area contributed by atoms with Crippen molar-refractivity contribution < 1.29 is 9.63 Å². The van der Waals surface area contributed by atoms with Crippen LogP contribution in [-0.4, -0.2) is 18.3 Å². The summed E-state index contributed by atoms with van der Waals surface area (Å²) in [5.74, 6) is 0. The molecule has 1 N–H and O–H groups in total. The molecule has 1 aromatic carbocycles. The zero-order valence-corrected chi connectivity index (χ0v) is 8.28. The number of hydrogen-bond donors (Lipinski definition) is 1. The molecule has 0 spiro atoms. The number of nitrogens with one attached hydrogen (secondary N) is 1. The lowest BCUT2D eigenvalue weighted by Crippen LogP contribution is -2.17. The maximum absolute atomic E-state index is 10.6. The highest BCUT2D eigenvalue weighted by atomic mass is 35.5. The van der Waals surface area contributed by atoms with E-state index in [0.29, 0.717) is 5.56 Å². The predicted molar refractivity (Wildman–Crippen MR) is 54.4 cm³/mol. The number of carbonyl (C=O) groups is 1. The summed E-state index contributed by atoms with van der Waals surface area (Å²) in [7, 11) is 1.44. The number of oxime groups is 1. The van der Waals surface area contributed by atoms with Gasteiger partial charge in [-0.3, -0.25) is 4.84 Å².